The van der Waals surface area contributed by atoms with Crippen molar-refractivity contribution >= 4 is 41.1 Å². The Labute approximate surface area is 113 Å². The normalized spacial score (nSPS) is 10.3. The predicted octanol–water partition coefficient (Wildman–Crippen LogP) is 4.52. The Morgan fingerprint density at radius 2 is 1.88 bits per heavy atom. The number of nitrogens with zero attached hydrogens (tertiary/aromatic N) is 1. The van der Waals surface area contributed by atoms with Crippen LogP contribution in [0.2, 0.25) is 15.1 Å². The minimum atomic E-state index is 0.270. The van der Waals surface area contributed by atoms with Crippen LogP contribution in [0.4, 0.5) is 0 Å². The first-order valence-corrected chi connectivity index (χ1v) is 5.82. The van der Waals surface area contributed by atoms with Gasteiger partial charge in [-0.05, 0) is 24.3 Å². The topological polar surface area (TPSA) is 30.0 Å². The Balaban J connectivity index is 2.68. The van der Waals surface area contributed by atoms with E-state index in [1.165, 1.54) is 12.3 Å². The maximum absolute atomic E-state index is 10.8. The summed E-state index contributed by atoms with van der Waals surface area (Å²) in [5, 5.41) is 1.28. The molecule has 0 bridgehead atoms. The first-order chi connectivity index (χ1) is 8.13. The zero-order chi connectivity index (χ0) is 12.4. The van der Waals surface area contributed by atoms with Gasteiger partial charge in [-0.15, -0.1) is 0 Å². The van der Waals surface area contributed by atoms with Crippen LogP contribution < -0.4 is 0 Å². The Bertz CT molecular complexity index is 584. The average Bonchev–Trinajstić information content (AvgIpc) is 2.33. The van der Waals surface area contributed by atoms with E-state index in [-0.39, 0.29) is 5.02 Å². The fraction of sp³-hybridized carbons (Fsp3) is 0. The van der Waals surface area contributed by atoms with Crippen molar-refractivity contribution in [2.24, 2.45) is 0 Å². The third-order valence-corrected chi connectivity index (χ3v) is 3.19. The lowest BCUT2D eigenvalue weighted by atomic mass is 10.1. The van der Waals surface area contributed by atoms with Crippen LogP contribution in [-0.2, 0) is 0 Å². The summed E-state index contributed by atoms with van der Waals surface area (Å²) in [5.41, 5.74) is 1.42. The molecule has 0 saturated carbocycles. The molecule has 0 aliphatic carbocycles. The van der Waals surface area contributed by atoms with Gasteiger partial charge >= 0.3 is 0 Å². The van der Waals surface area contributed by atoms with Crippen LogP contribution in [0.3, 0.4) is 0 Å². The summed E-state index contributed by atoms with van der Waals surface area (Å²) in [6.07, 6.45) is 2.17. The summed E-state index contributed by atoms with van der Waals surface area (Å²) in [6, 6.07) is 6.53. The van der Waals surface area contributed by atoms with Crippen LogP contribution in [0.1, 0.15) is 10.4 Å². The van der Waals surface area contributed by atoms with Crippen molar-refractivity contribution in [2.45, 2.75) is 0 Å². The predicted molar refractivity (Wildman–Crippen MR) is 70.1 cm³/mol. The third kappa shape index (κ3) is 2.44. The number of aromatic nitrogens is 1. The first-order valence-electron chi connectivity index (χ1n) is 4.68. The van der Waals surface area contributed by atoms with Gasteiger partial charge in [0.15, 0.2) is 6.29 Å². The molecule has 0 N–H and O–H groups in total. The quantitative estimate of drug-likeness (QED) is 0.760. The number of hydrogen-bond acceptors (Lipinski definition) is 2. The van der Waals surface area contributed by atoms with Crippen molar-refractivity contribution in [3.8, 4) is 11.3 Å². The second-order valence-electron chi connectivity index (χ2n) is 3.30. The van der Waals surface area contributed by atoms with Crippen LogP contribution >= 0.6 is 34.8 Å². The number of benzene rings is 1. The molecular formula is C12H6Cl3NO. The van der Waals surface area contributed by atoms with Crippen molar-refractivity contribution in [2.75, 3.05) is 0 Å². The highest BCUT2D eigenvalue weighted by Crippen LogP contribution is 2.34. The highest BCUT2D eigenvalue weighted by Gasteiger charge is 2.12. The minimum Gasteiger partial charge on any atom is -0.298 e. The molecule has 1 aromatic carbocycles. The van der Waals surface area contributed by atoms with Crippen molar-refractivity contribution in [1.29, 1.82) is 0 Å². The lowest BCUT2D eigenvalue weighted by Gasteiger charge is -2.07. The first kappa shape index (κ1) is 12.4. The molecular weight excluding hydrogens is 280 g/mol. The molecule has 2 rings (SSSR count). The zero-order valence-corrected chi connectivity index (χ0v) is 10.7. The summed E-state index contributed by atoms with van der Waals surface area (Å²) in [5.74, 6) is 0. The molecule has 0 fully saturated rings. The second-order valence-corrected chi connectivity index (χ2v) is 4.53. The molecule has 0 atom stereocenters. The Kier molecular flexibility index (Phi) is 3.67. The van der Waals surface area contributed by atoms with E-state index >= 15 is 0 Å². The number of rotatable bonds is 2. The summed E-state index contributed by atoms with van der Waals surface area (Å²) in [6.45, 7) is 0. The Hall–Kier alpha value is -1.09. The van der Waals surface area contributed by atoms with Gasteiger partial charge in [-0.3, -0.25) is 9.78 Å². The Morgan fingerprint density at radius 3 is 2.59 bits per heavy atom. The van der Waals surface area contributed by atoms with Crippen molar-refractivity contribution in [3.05, 3.63) is 51.1 Å². The zero-order valence-electron chi connectivity index (χ0n) is 8.45. The summed E-state index contributed by atoms with van der Waals surface area (Å²) in [7, 11) is 0. The largest absolute Gasteiger partial charge is 0.298 e. The Morgan fingerprint density at radius 1 is 1.12 bits per heavy atom. The molecule has 17 heavy (non-hydrogen) atoms. The highest BCUT2D eigenvalue weighted by molar-refractivity contribution is 6.38. The van der Waals surface area contributed by atoms with E-state index in [2.05, 4.69) is 4.98 Å². The monoisotopic (exact) mass is 285 g/mol. The molecule has 0 radical (unpaired) electrons. The lowest BCUT2D eigenvalue weighted by Crippen LogP contribution is -1.91. The molecule has 0 spiro atoms. The summed E-state index contributed by atoms with van der Waals surface area (Å²) in [4.78, 5) is 14.9. The average molecular weight is 287 g/mol. The molecule has 0 saturated heterocycles. The van der Waals surface area contributed by atoms with Gasteiger partial charge in [-0.2, -0.15) is 0 Å². The number of halogens is 3. The van der Waals surface area contributed by atoms with Crippen LogP contribution in [0.5, 0.6) is 0 Å². The molecule has 0 unspecified atom stereocenters. The fourth-order valence-corrected chi connectivity index (χ4v) is 2.05. The number of carbonyl (C=O) groups excluding carboxylic acids is 1. The van der Waals surface area contributed by atoms with Crippen molar-refractivity contribution in [1.82, 2.24) is 4.98 Å². The molecule has 2 aromatic rings. The van der Waals surface area contributed by atoms with Gasteiger partial charge in [0, 0.05) is 22.3 Å². The van der Waals surface area contributed by atoms with Gasteiger partial charge in [0.05, 0.1) is 15.7 Å². The van der Waals surface area contributed by atoms with Crippen LogP contribution in [0, 0.1) is 0 Å². The van der Waals surface area contributed by atoms with E-state index < -0.39 is 0 Å². The van der Waals surface area contributed by atoms with Gasteiger partial charge in [0.25, 0.3) is 0 Å². The SMILES string of the molecule is O=Cc1ccnc(-c2cc(Cl)ccc2Cl)c1Cl. The van der Waals surface area contributed by atoms with Gasteiger partial charge in [0.1, 0.15) is 0 Å². The third-order valence-electron chi connectivity index (χ3n) is 2.23. The molecule has 5 heteroatoms. The summed E-state index contributed by atoms with van der Waals surface area (Å²) < 4.78 is 0. The number of aldehydes is 1. The molecule has 0 amide bonds. The molecule has 0 aliphatic rings. The molecule has 0 aliphatic heterocycles. The van der Waals surface area contributed by atoms with Gasteiger partial charge in [-0.25, -0.2) is 0 Å². The van der Waals surface area contributed by atoms with Crippen molar-refractivity contribution < 1.29 is 4.79 Å². The van der Waals surface area contributed by atoms with Crippen LogP contribution in [0.15, 0.2) is 30.5 Å². The van der Waals surface area contributed by atoms with E-state index in [1.54, 1.807) is 18.2 Å². The second kappa shape index (κ2) is 5.05. The van der Waals surface area contributed by atoms with Crippen molar-refractivity contribution in [3.63, 3.8) is 0 Å². The number of pyridine rings is 1. The highest BCUT2D eigenvalue weighted by atomic mass is 35.5. The number of carbonyl (C=O) groups is 1. The smallest absolute Gasteiger partial charge is 0.151 e. The van der Waals surface area contributed by atoms with Gasteiger partial charge in [-0.1, -0.05) is 34.8 Å². The standard InChI is InChI=1S/C12H6Cl3NO/c13-8-1-2-10(14)9(5-8)12-11(15)7(6-17)3-4-16-12/h1-6H. The van der Waals surface area contributed by atoms with Gasteiger partial charge < -0.3 is 0 Å². The molecule has 86 valence electrons. The van der Waals surface area contributed by atoms with E-state index in [4.69, 9.17) is 34.8 Å². The minimum absolute atomic E-state index is 0.270. The van der Waals surface area contributed by atoms with E-state index in [0.717, 1.165) is 0 Å². The maximum Gasteiger partial charge on any atom is 0.151 e. The van der Waals surface area contributed by atoms with E-state index in [0.29, 0.717) is 33.2 Å². The van der Waals surface area contributed by atoms with E-state index in [1.807, 2.05) is 0 Å². The van der Waals surface area contributed by atoms with E-state index in [9.17, 15) is 4.79 Å². The van der Waals surface area contributed by atoms with Crippen LogP contribution in [-0.4, -0.2) is 11.3 Å². The molecule has 2 nitrogen and oxygen atoms in total. The lowest BCUT2D eigenvalue weighted by molar-refractivity contribution is 0.112. The van der Waals surface area contributed by atoms with Crippen LogP contribution in [0.25, 0.3) is 11.3 Å². The maximum atomic E-state index is 10.8. The number of hydrogen-bond donors (Lipinski definition) is 0. The fourth-order valence-electron chi connectivity index (χ4n) is 1.42. The molecule has 1 aromatic heterocycles. The summed E-state index contributed by atoms with van der Waals surface area (Å²) >= 11 is 18.0. The van der Waals surface area contributed by atoms with Gasteiger partial charge in [0.2, 0.25) is 0 Å². The molecule has 1 heterocycles.